The van der Waals surface area contributed by atoms with Crippen LogP contribution in [0.15, 0.2) is 42.5 Å². The van der Waals surface area contributed by atoms with E-state index in [4.69, 9.17) is 4.74 Å². The standard InChI is InChI=1S/C22H23F3N4O3S.ClH/c1-15-3-2-4-16(13-15)26-20(30)29(8-7-28-9-11-31-12-10-28)21-27-18-6-5-17(14-19(18)33-21)32-22(23,24)25;/h2-6,13-14H,7-12H2,1H3,(H,26,30);1H. The first-order valence-corrected chi connectivity index (χ1v) is 11.2. The van der Waals surface area contributed by atoms with Gasteiger partial charge in [0.15, 0.2) is 5.13 Å². The second-order valence-corrected chi connectivity index (χ2v) is 8.59. The van der Waals surface area contributed by atoms with E-state index in [1.807, 2.05) is 25.1 Å². The highest BCUT2D eigenvalue weighted by Gasteiger charge is 2.31. The lowest BCUT2D eigenvalue weighted by molar-refractivity contribution is -0.274. The molecule has 1 N–H and O–H groups in total. The number of aromatic nitrogens is 1. The first kappa shape index (κ1) is 26.0. The lowest BCUT2D eigenvalue weighted by Gasteiger charge is -2.29. The molecule has 3 aromatic rings. The number of thiazole rings is 1. The summed E-state index contributed by atoms with van der Waals surface area (Å²) in [5, 5.41) is 3.29. The fourth-order valence-electron chi connectivity index (χ4n) is 3.47. The molecule has 1 aliphatic heterocycles. The Kier molecular flexibility index (Phi) is 8.58. The Morgan fingerprint density at radius 1 is 1.24 bits per heavy atom. The summed E-state index contributed by atoms with van der Waals surface area (Å²) >= 11 is 1.14. The highest BCUT2D eigenvalue weighted by atomic mass is 35.5. The van der Waals surface area contributed by atoms with Gasteiger partial charge in [0, 0.05) is 37.9 Å². The van der Waals surface area contributed by atoms with Crippen LogP contribution in [0.25, 0.3) is 10.2 Å². The van der Waals surface area contributed by atoms with Gasteiger partial charge < -0.3 is 14.8 Å². The van der Waals surface area contributed by atoms with E-state index in [1.165, 1.54) is 23.1 Å². The zero-order chi connectivity index (χ0) is 23.4. The molecule has 2 amide bonds. The number of nitrogens with one attached hydrogen (secondary N) is 1. The van der Waals surface area contributed by atoms with Crippen LogP contribution in [-0.2, 0) is 4.74 Å². The lowest BCUT2D eigenvalue weighted by Crippen LogP contribution is -2.44. The quantitative estimate of drug-likeness (QED) is 0.482. The molecule has 184 valence electrons. The van der Waals surface area contributed by atoms with Crippen molar-refractivity contribution < 1.29 is 27.4 Å². The predicted octanol–water partition coefficient (Wildman–Crippen LogP) is 5.30. The Morgan fingerprint density at radius 3 is 2.71 bits per heavy atom. The van der Waals surface area contributed by atoms with E-state index in [1.54, 1.807) is 6.07 Å². The van der Waals surface area contributed by atoms with E-state index in [9.17, 15) is 18.0 Å². The molecule has 0 bridgehead atoms. The van der Waals surface area contributed by atoms with Crippen molar-refractivity contribution in [3.05, 3.63) is 48.0 Å². The number of carbonyl (C=O) groups is 1. The van der Waals surface area contributed by atoms with Crippen LogP contribution in [0, 0.1) is 6.92 Å². The van der Waals surface area contributed by atoms with Crippen molar-refractivity contribution in [3.63, 3.8) is 0 Å². The molecule has 1 saturated heterocycles. The van der Waals surface area contributed by atoms with Gasteiger partial charge in [0.1, 0.15) is 5.75 Å². The number of hydrogen-bond acceptors (Lipinski definition) is 6. The van der Waals surface area contributed by atoms with Gasteiger partial charge in [-0.15, -0.1) is 25.6 Å². The van der Waals surface area contributed by atoms with Crippen molar-refractivity contribution in [2.24, 2.45) is 0 Å². The summed E-state index contributed by atoms with van der Waals surface area (Å²) in [5.74, 6) is -0.325. The molecule has 0 atom stereocenters. The summed E-state index contributed by atoms with van der Waals surface area (Å²) in [6.07, 6.45) is -4.78. The minimum Gasteiger partial charge on any atom is -0.406 e. The van der Waals surface area contributed by atoms with E-state index >= 15 is 0 Å². The average molecular weight is 517 g/mol. The van der Waals surface area contributed by atoms with Gasteiger partial charge in [-0.05, 0) is 36.8 Å². The van der Waals surface area contributed by atoms with Crippen LogP contribution in [0.3, 0.4) is 0 Å². The van der Waals surface area contributed by atoms with Crippen LogP contribution in [0.5, 0.6) is 5.75 Å². The largest absolute Gasteiger partial charge is 0.573 e. The topological polar surface area (TPSA) is 66.9 Å². The predicted molar refractivity (Wildman–Crippen MR) is 128 cm³/mol. The van der Waals surface area contributed by atoms with Crippen molar-refractivity contribution in [2.45, 2.75) is 13.3 Å². The molecule has 1 aliphatic rings. The van der Waals surface area contributed by atoms with Crippen molar-refractivity contribution in [1.82, 2.24) is 9.88 Å². The number of rotatable bonds is 6. The van der Waals surface area contributed by atoms with Crippen molar-refractivity contribution in [2.75, 3.05) is 49.6 Å². The fourth-order valence-corrected chi connectivity index (χ4v) is 4.49. The fraction of sp³-hybridized carbons (Fsp3) is 0.364. The first-order chi connectivity index (χ1) is 15.8. The SMILES string of the molecule is Cc1cccc(NC(=O)N(CCN2CCOCC2)c2nc3ccc(OC(F)(F)F)cc3s2)c1.Cl. The summed E-state index contributed by atoms with van der Waals surface area (Å²) in [5.41, 5.74) is 2.15. The number of carbonyl (C=O) groups excluding carboxylic acids is 1. The van der Waals surface area contributed by atoms with Crippen LogP contribution >= 0.6 is 23.7 Å². The van der Waals surface area contributed by atoms with Gasteiger partial charge in [-0.3, -0.25) is 9.80 Å². The maximum absolute atomic E-state index is 13.2. The molecule has 0 spiro atoms. The average Bonchev–Trinajstić information content (AvgIpc) is 3.16. The Labute approximate surface area is 204 Å². The first-order valence-electron chi connectivity index (χ1n) is 10.4. The van der Waals surface area contributed by atoms with E-state index in [-0.39, 0.29) is 24.2 Å². The monoisotopic (exact) mass is 516 g/mol. The van der Waals surface area contributed by atoms with Crippen LogP contribution < -0.4 is 15.0 Å². The normalized spacial score (nSPS) is 14.5. The number of hydrogen-bond donors (Lipinski definition) is 1. The minimum absolute atomic E-state index is 0. The van der Waals surface area contributed by atoms with Crippen molar-refractivity contribution in [3.8, 4) is 5.75 Å². The number of nitrogens with zero attached hydrogens (tertiary/aromatic N) is 3. The molecule has 2 aromatic carbocycles. The Bertz CT molecular complexity index is 1120. The van der Waals surface area contributed by atoms with Crippen LogP contribution in [0.4, 0.5) is 28.8 Å². The lowest BCUT2D eigenvalue weighted by atomic mass is 10.2. The molecule has 0 radical (unpaired) electrons. The molecular formula is C22H24ClF3N4O3S. The van der Waals surface area contributed by atoms with E-state index in [0.717, 1.165) is 30.0 Å². The van der Waals surface area contributed by atoms with Gasteiger partial charge in [-0.2, -0.15) is 0 Å². The number of anilines is 2. The number of ether oxygens (including phenoxy) is 2. The van der Waals surface area contributed by atoms with Gasteiger partial charge in [0.25, 0.3) is 0 Å². The molecule has 0 aliphatic carbocycles. The summed E-state index contributed by atoms with van der Waals surface area (Å²) in [4.78, 5) is 21.4. The number of amides is 2. The molecule has 2 heterocycles. The Morgan fingerprint density at radius 2 is 2.00 bits per heavy atom. The molecule has 1 fully saturated rings. The smallest absolute Gasteiger partial charge is 0.406 e. The van der Waals surface area contributed by atoms with Crippen molar-refractivity contribution >= 4 is 50.8 Å². The van der Waals surface area contributed by atoms with Crippen LogP contribution in [-0.4, -0.2) is 61.7 Å². The maximum Gasteiger partial charge on any atom is 0.573 e. The van der Waals surface area contributed by atoms with Gasteiger partial charge in [-0.1, -0.05) is 23.5 Å². The number of morpholine rings is 1. The summed E-state index contributed by atoms with van der Waals surface area (Å²) in [6, 6.07) is 11.0. The summed E-state index contributed by atoms with van der Waals surface area (Å²) in [7, 11) is 0. The van der Waals surface area contributed by atoms with Gasteiger partial charge >= 0.3 is 12.4 Å². The minimum atomic E-state index is -4.78. The zero-order valence-corrected chi connectivity index (χ0v) is 19.9. The third-order valence-corrected chi connectivity index (χ3v) is 6.11. The third-order valence-electron chi connectivity index (χ3n) is 5.07. The van der Waals surface area contributed by atoms with Gasteiger partial charge in [0.05, 0.1) is 23.4 Å². The molecule has 0 unspecified atom stereocenters. The Hall–Kier alpha value is -2.60. The number of fused-ring (bicyclic) bond motifs is 1. The van der Waals surface area contributed by atoms with E-state index < -0.39 is 6.36 Å². The van der Waals surface area contributed by atoms with Crippen molar-refractivity contribution in [1.29, 1.82) is 0 Å². The molecule has 4 rings (SSSR count). The molecule has 0 saturated carbocycles. The van der Waals surface area contributed by atoms with E-state index in [0.29, 0.717) is 47.3 Å². The summed E-state index contributed by atoms with van der Waals surface area (Å²) in [6.45, 7) is 5.72. The molecule has 34 heavy (non-hydrogen) atoms. The van der Waals surface area contributed by atoms with Crippen LogP contribution in [0.1, 0.15) is 5.56 Å². The third kappa shape index (κ3) is 6.95. The number of benzene rings is 2. The number of alkyl halides is 3. The van der Waals surface area contributed by atoms with E-state index in [2.05, 4.69) is 19.9 Å². The molecule has 12 heteroatoms. The van der Waals surface area contributed by atoms with Gasteiger partial charge in [-0.25, -0.2) is 9.78 Å². The summed E-state index contributed by atoms with van der Waals surface area (Å²) < 4.78 is 47.6. The highest BCUT2D eigenvalue weighted by molar-refractivity contribution is 7.22. The highest BCUT2D eigenvalue weighted by Crippen LogP contribution is 2.33. The number of halogens is 4. The second kappa shape index (κ2) is 11.2. The molecular weight excluding hydrogens is 493 g/mol. The Balaban J connectivity index is 0.00000324. The second-order valence-electron chi connectivity index (χ2n) is 7.58. The number of aryl methyl sites for hydroxylation is 1. The van der Waals surface area contributed by atoms with Crippen LogP contribution in [0.2, 0.25) is 0 Å². The zero-order valence-electron chi connectivity index (χ0n) is 18.3. The number of urea groups is 1. The van der Waals surface area contributed by atoms with Gasteiger partial charge in [0.2, 0.25) is 0 Å². The molecule has 7 nitrogen and oxygen atoms in total. The maximum atomic E-state index is 13.2. The molecule has 1 aromatic heterocycles.